The van der Waals surface area contributed by atoms with Crippen LogP contribution < -0.4 is 10.2 Å². The average Bonchev–Trinajstić information content (AvgIpc) is 2.62. The Kier molecular flexibility index (Phi) is 3.72. The van der Waals surface area contributed by atoms with Crippen LogP contribution in [0.2, 0.25) is 0 Å². The van der Waals surface area contributed by atoms with Crippen molar-refractivity contribution >= 4 is 23.5 Å². The average molecular weight is 290 g/mol. The molecule has 1 aromatic carbocycles. The maximum Gasteiger partial charge on any atom is 0.335 e. The van der Waals surface area contributed by atoms with Gasteiger partial charge in [0.05, 0.1) is 12.0 Å². The highest BCUT2D eigenvalue weighted by Gasteiger charge is 2.30. The highest BCUT2D eigenvalue weighted by atomic mass is 16.4. The summed E-state index contributed by atoms with van der Waals surface area (Å²) in [6.45, 7) is 5.53. The van der Waals surface area contributed by atoms with Crippen LogP contribution in [0.5, 0.6) is 0 Å². The van der Waals surface area contributed by atoms with E-state index in [9.17, 15) is 14.4 Å². The summed E-state index contributed by atoms with van der Waals surface area (Å²) in [6, 6.07) is 4.50. The van der Waals surface area contributed by atoms with Crippen molar-refractivity contribution in [2.75, 3.05) is 11.4 Å². The molecular formula is C15H18N2O4. The summed E-state index contributed by atoms with van der Waals surface area (Å²) in [4.78, 5) is 36.3. The van der Waals surface area contributed by atoms with E-state index in [0.29, 0.717) is 11.3 Å². The summed E-state index contributed by atoms with van der Waals surface area (Å²) >= 11 is 0. The SMILES string of the molecule is CC(C)(C)NC(=O)CN1C(=O)Cc2cc(C(=O)O)ccc21. The van der Waals surface area contributed by atoms with Gasteiger partial charge in [0, 0.05) is 11.2 Å². The van der Waals surface area contributed by atoms with Gasteiger partial charge in [-0.05, 0) is 44.5 Å². The number of benzene rings is 1. The number of carboxylic acid groups (broad SMARTS) is 1. The molecular weight excluding hydrogens is 272 g/mol. The number of aromatic carboxylic acids is 1. The molecule has 6 heteroatoms. The molecule has 1 aliphatic heterocycles. The summed E-state index contributed by atoms with van der Waals surface area (Å²) in [6.07, 6.45) is 0.124. The van der Waals surface area contributed by atoms with Gasteiger partial charge >= 0.3 is 5.97 Å². The van der Waals surface area contributed by atoms with Crippen LogP contribution in [0.3, 0.4) is 0 Å². The topological polar surface area (TPSA) is 86.7 Å². The molecule has 0 fully saturated rings. The first-order valence-electron chi connectivity index (χ1n) is 6.65. The third-order valence-electron chi connectivity index (χ3n) is 3.08. The zero-order chi connectivity index (χ0) is 15.8. The second-order valence-corrected chi connectivity index (χ2v) is 6.10. The summed E-state index contributed by atoms with van der Waals surface area (Å²) < 4.78 is 0. The number of carbonyl (C=O) groups excluding carboxylic acids is 2. The number of amides is 2. The molecule has 112 valence electrons. The first-order chi connectivity index (χ1) is 9.67. The number of carboxylic acids is 1. The molecule has 1 heterocycles. The number of rotatable bonds is 3. The molecule has 2 N–H and O–H groups in total. The van der Waals surface area contributed by atoms with Crippen LogP contribution >= 0.6 is 0 Å². The van der Waals surface area contributed by atoms with Crippen molar-refractivity contribution in [2.24, 2.45) is 0 Å². The molecule has 2 amide bonds. The van der Waals surface area contributed by atoms with Gasteiger partial charge in [0.1, 0.15) is 6.54 Å². The Morgan fingerprint density at radius 3 is 2.57 bits per heavy atom. The Morgan fingerprint density at radius 1 is 1.33 bits per heavy atom. The van der Waals surface area contributed by atoms with Crippen LogP contribution in [0.4, 0.5) is 5.69 Å². The number of nitrogens with zero attached hydrogens (tertiary/aromatic N) is 1. The Bertz CT molecular complexity index is 617. The van der Waals surface area contributed by atoms with Gasteiger partial charge in [0.15, 0.2) is 0 Å². The van der Waals surface area contributed by atoms with Gasteiger partial charge in [-0.3, -0.25) is 9.59 Å². The van der Waals surface area contributed by atoms with Crippen LogP contribution in [-0.4, -0.2) is 35.0 Å². The van der Waals surface area contributed by atoms with E-state index < -0.39 is 5.97 Å². The Hall–Kier alpha value is -2.37. The van der Waals surface area contributed by atoms with Crippen LogP contribution in [0, 0.1) is 0 Å². The summed E-state index contributed by atoms with van der Waals surface area (Å²) in [7, 11) is 0. The van der Waals surface area contributed by atoms with Gasteiger partial charge in [-0.1, -0.05) is 0 Å². The van der Waals surface area contributed by atoms with E-state index in [4.69, 9.17) is 5.11 Å². The lowest BCUT2D eigenvalue weighted by Gasteiger charge is -2.23. The monoisotopic (exact) mass is 290 g/mol. The molecule has 0 atom stereocenters. The fourth-order valence-corrected chi connectivity index (χ4v) is 2.29. The molecule has 0 saturated heterocycles. The number of hydrogen-bond acceptors (Lipinski definition) is 3. The van der Waals surface area contributed by atoms with Crippen molar-refractivity contribution < 1.29 is 19.5 Å². The Labute approximate surface area is 122 Å². The van der Waals surface area contributed by atoms with Crippen molar-refractivity contribution in [2.45, 2.75) is 32.7 Å². The van der Waals surface area contributed by atoms with Crippen molar-refractivity contribution in [1.82, 2.24) is 5.32 Å². The molecule has 0 radical (unpaired) electrons. The fraction of sp³-hybridized carbons (Fsp3) is 0.400. The van der Waals surface area contributed by atoms with Gasteiger partial charge in [-0.2, -0.15) is 0 Å². The highest BCUT2D eigenvalue weighted by molar-refractivity contribution is 6.05. The third kappa shape index (κ3) is 3.39. The second-order valence-electron chi connectivity index (χ2n) is 6.10. The molecule has 6 nitrogen and oxygen atoms in total. The predicted molar refractivity (Wildman–Crippen MR) is 77.4 cm³/mol. The third-order valence-corrected chi connectivity index (χ3v) is 3.08. The number of anilines is 1. The normalized spacial score (nSPS) is 14.0. The van der Waals surface area contributed by atoms with Crippen LogP contribution in [0.15, 0.2) is 18.2 Å². The number of nitrogens with one attached hydrogen (secondary N) is 1. The first kappa shape index (κ1) is 15.0. The Morgan fingerprint density at radius 2 is 2.00 bits per heavy atom. The van der Waals surface area contributed by atoms with E-state index >= 15 is 0 Å². The van der Waals surface area contributed by atoms with Crippen LogP contribution in [0.1, 0.15) is 36.7 Å². The van der Waals surface area contributed by atoms with Gasteiger partial charge in [0.2, 0.25) is 11.8 Å². The maximum absolute atomic E-state index is 12.0. The van der Waals surface area contributed by atoms with E-state index in [1.54, 1.807) is 6.07 Å². The van der Waals surface area contributed by atoms with Crippen molar-refractivity contribution in [1.29, 1.82) is 0 Å². The molecule has 0 aliphatic carbocycles. The predicted octanol–water partition coefficient (Wildman–Crippen LogP) is 1.19. The smallest absolute Gasteiger partial charge is 0.335 e. The molecule has 21 heavy (non-hydrogen) atoms. The first-order valence-corrected chi connectivity index (χ1v) is 6.65. The highest BCUT2D eigenvalue weighted by Crippen LogP contribution is 2.29. The molecule has 0 spiro atoms. The minimum Gasteiger partial charge on any atom is -0.478 e. The molecule has 0 aromatic heterocycles. The minimum atomic E-state index is -1.03. The largest absolute Gasteiger partial charge is 0.478 e. The maximum atomic E-state index is 12.0. The van der Waals surface area contributed by atoms with Crippen molar-refractivity contribution in [3.8, 4) is 0 Å². The number of fused-ring (bicyclic) bond motifs is 1. The summed E-state index contributed by atoms with van der Waals surface area (Å²) in [5, 5.41) is 11.8. The van der Waals surface area contributed by atoms with Gasteiger partial charge in [-0.15, -0.1) is 0 Å². The molecule has 0 bridgehead atoms. The van der Waals surface area contributed by atoms with Gasteiger partial charge in [0.25, 0.3) is 0 Å². The lowest BCUT2D eigenvalue weighted by molar-refractivity contribution is -0.124. The zero-order valence-electron chi connectivity index (χ0n) is 12.3. The van der Waals surface area contributed by atoms with Crippen molar-refractivity contribution in [3.63, 3.8) is 0 Å². The summed E-state index contributed by atoms with van der Waals surface area (Å²) in [5.74, 6) is -1.48. The fourth-order valence-electron chi connectivity index (χ4n) is 2.29. The van der Waals surface area contributed by atoms with E-state index in [2.05, 4.69) is 5.32 Å². The Balaban J connectivity index is 2.19. The zero-order valence-corrected chi connectivity index (χ0v) is 12.3. The molecule has 1 aliphatic rings. The minimum absolute atomic E-state index is 0.0600. The summed E-state index contributed by atoms with van der Waals surface area (Å²) in [5.41, 5.74) is 1.02. The molecule has 0 saturated carbocycles. The van der Waals surface area contributed by atoms with E-state index in [1.807, 2.05) is 20.8 Å². The van der Waals surface area contributed by atoms with E-state index in [0.717, 1.165) is 0 Å². The quantitative estimate of drug-likeness (QED) is 0.875. The molecule has 0 unspecified atom stereocenters. The van der Waals surface area contributed by atoms with Crippen molar-refractivity contribution in [3.05, 3.63) is 29.3 Å². The standard InChI is InChI=1S/C15H18N2O4/c1-15(2,3)16-12(18)8-17-11-5-4-9(14(20)21)6-10(11)7-13(17)19/h4-6H,7-8H2,1-3H3,(H,16,18)(H,20,21). The molecule has 1 aromatic rings. The van der Waals surface area contributed by atoms with E-state index in [-0.39, 0.29) is 35.9 Å². The van der Waals surface area contributed by atoms with Gasteiger partial charge < -0.3 is 15.3 Å². The lowest BCUT2D eigenvalue weighted by Crippen LogP contribution is -2.46. The van der Waals surface area contributed by atoms with Gasteiger partial charge in [-0.25, -0.2) is 4.79 Å². The number of carbonyl (C=O) groups is 3. The lowest BCUT2D eigenvalue weighted by atomic mass is 10.1. The number of hydrogen-bond donors (Lipinski definition) is 2. The van der Waals surface area contributed by atoms with Crippen LogP contribution in [0.25, 0.3) is 0 Å². The van der Waals surface area contributed by atoms with E-state index in [1.165, 1.54) is 17.0 Å². The van der Waals surface area contributed by atoms with Crippen LogP contribution in [-0.2, 0) is 16.0 Å². The molecule has 2 rings (SSSR count). The second kappa shape index (κ2) is 5.20.